The zero-order valence-electron chi connectivity index (χ0n) is 19.3. The minimum atomic E-state index is -1.17. The molecule has 188 valence electrons. The lowest BCUT2D eigenvalue weighted by Crippen LogP contribution is -2.40. The van der Waals surface area contributed by atoms with Crippen molar-refractivity contribution in [2.24, 2.45) is 0 Å². The number of esters is 3. The van der Waals surface area contributed by atoms with Gasteiger partial charge in [0.1, 0.15) is 30.8 Å². The number of nitrogen functional groups attached to an aromatic ring is 1. The van der Waals surface area contributed by atoms with E-state index in [2.05, 4.69) is 10.4 Å². The molecule has 0 spiro atoms. The molecule has 0 radical (unpaired) electrons. The van der Waals surface area contributed by atoms with Gasteiger partial charge in [0, 0.05) is 20.8 Å². The number of nitrogens with one attached hydrogen (secondary N) is 1. The highest BCUT2D eigenvalue weighted by atomic mass is 16.7. The van der Waals surface area contributed by atoms with Crippen LogP contribution >= 0.6 is 0 Å². The summed E-state index contributed by atoms with van der Waals surface area (Å²) in [6.07, 6.45) is -3.93. The van der Waals surface area contributed by atoms with Gasteiger partial charge in [-0.3, -0.25) is 19.7 Å². The molecule has 1 aromatic carbocycles. The number of nitrogens with two attached hydrogens (primary N) is 1. The highest BCUT2D eigenvalue weighted by Gasteiger charge is 2.51. The second-order valence-corrected chi connectivity index (χ2v) is 7.59. The molecule has 1 aliphatic heterocycles. The van der Waals surface area contributed by atoms with Crippen LogP contribution < -0.4 is 11.1 Å². The normalized spacial score (nSPS) is 21.1. The minimum Gasteiger partial charge on any atom is -0.463 e. The molecule has 35 heavy (non-hydrogen) atoms. The molecule has 0 unspecified atom stereocenters. The van der Waals surface area contributed by atoms with Gasteiger partial charge >= 0.3 is 24.0 Å². The molecular formula is C22H26N4O9. The number of carbonyl (C=O) groups excluding carboxylic acids is 4. The SMILES string of the molecule is CC(=O)OC[C@H]1O[C@@H](n2ncc(NC(=O)OCc3ccccc3)c2N)[C@H](OC(C)=O)[C@@H]1OC(C)=O. The zero-order chi connectivity index (χ0) is 25.5. The number of amides is 1. The van der Waals surface area contributed by atoms with Crippen LogP contribution in [0.4, 0.5) is 16.3 Å². The van der Waals surface area contributed by atoms with Gasteiger partial charge in [-0.15, -0.1) is 0 Å². The van der Waals surface area contributed by atoms with E-state index in [-0.39, 0.29) is 24.7 Å². The predicted octanol–water partition coefficient (Wildman–Crippen LogP) is 1.54. The number of rotatable bonds is 8. The van der Waals surface area contributed by atoms with E-state index in [9.17, 15) is 19.2 Å². The standard InChI is InChI=1S/C22H26N4O9/c1-12(27)31-11-17-18(33-13(2)28)19(34-14(3)29)21(35-17)26-20(23)16(9-24-26)25-22(30)32-10-15-7-5-4-6-8-15/h4-9,17-19,21H,10-11,23H2,1-3H3,(H,25,30)/t17-,18-,19-,21-/m1/s1. The summed E-state index contributed by atoms with van der Waals surface area (Å²) in [5.41, 5.74) is 7.07. The van der Waals surface area contributed by atoms with Crippen LogP contribution in [-0.4, -0.2) is 58.7 Å². The number of nitrogens with zero attached hydrogens (tertiary/aromatic N) is 2. The Kier molecular flexibility index (Phi) is 8.25. The molecule has 0 bridgehead atoms. The number of aromatic nitrogens is 2. The Morgan fingerprint density at radius 1 is 1.00 bits per heavy atom. The molecular weight excluding hydrogens is 464 g/mol. The van der Waals surface area contributed by atoms with Crippen LogP contribution in [0.15, 0.2) is 36.5 Å². The number of anilines is 2. The van der Waals surface area contributed by atoms with E-state index in [0.717, 1.165) is 10.2 Å². The van der Waals surface area contributed by atoms with Crippen molar-refractivity contribution in [3.8, 4) is 0 Å². The number of carbonyl (C=O) groups is 4. The summed E-state index contributed by atoms with van der Waals surface area (Å²) in [5.74, 6) is -1.97. The lowest BCUT2D eigenvalue weighted by molar-refractivity contribution is -0.166. The number of benzene rings is 1. The number of ether oxygens (including phenoxy) is 5. The van der Waals surface area contributed by atoms with Crippen LogP contribution in [0.5, 0.6) is 0 Å². The summed E-state index contributed by atoms with van der Waals surface area (Å²) in [6.45, 7) is 3.31. The van der Waals surface area contributed by atoms with Crippen molar-refractivity contribution in [2.75, 3.05) is 17.7 Å². The van der Waals surface area contributed by atoms with E-state index >= 15 is 0 Å². The lowest BCUT2D eigenvalue weighted by Gasteiger charge is -2.23. The van der Waals surface area contributed by atoms with Crippen molar-refractivity contribution in [3.05, 3.63) is 42.1 Å². The largest absolute Gasteiger partial charge is 0.463 e. The second kappa shape index (κ2) is 11.3. The maximum Gasteiger partial charge on any atom is 0.412 e. The van der Waals surface area contributed by atoms with Gasteiger partial charge in [-0.05, 0) is 5.56 Å². The van der Waals surface area contributed by atoms with Crippen LogP contribution in [-0.2, 0) is 44.7 Å². The molecule has 2 aromatic rings. The summed E-state index contributed by atoms with van der Waals surface area (Å²) < 4.78 is 27.9. The van der Waals surface area contributed by atoms with E-state index < -0.39 is 48.5 Å². The maximum absolute atomic E-state index is 12.2. The highest BCUT2D eigenvalue weighted by molar-refractivity contribution is 5.87. The number of hydrogen-bond donors (Lipinski definition) is 2. The second-order valence-electron chi connectivity index (χ2n) is 7.59. The Balaban J connectivity index is 1.78. The molecule has 4 atom stereocenters. The van der Waals surface area contributed by atoms with Crippen LogP contribution in [0.2, 0.25) is 0 Å². The smallest absolute Gasteiger partial charge is 0.412 e. The molecule has 2 heterocycles. The van der Waals surface area contributed by atoms with Crippen molar-refractivity contribution in [1.82, 2.24) is 9.78 Å². The zero-order valence-corrected chi connectivity index (χ0v) is 19.3. The molecule has 0 aliphatic carbocycles. The van der Waals surface area contributed by atoms with Gasteiger partial charge in [-0.2, -0.15) is 5.10 Å². The third-order valence-electron chi connectivity index (χ3n) is 4.86. The van der Waals surface area contributed by atoms with Crippen molar-refractivity contribution >= 4 is 35.5 Å². The molecule has 1 aromatic heterocycles. The first-order valence-electron chi connectivity index (χ1n) is 10.6. The fourth-order valence-electron chi connectivity index (χ4n) is 3.43. The average Bonchev–Trinajstić information content (AvgIpc) is 3.31. The summed E-state index contributed by atoms with van der Waals surface area (Å²) in [4.78, 5) is 47.0. The van der Waals surface area contributed by atoms with Gasteiger partial charge in [0.05, 0.1) is 6.20 Å². The fourth-order valence-corrected chi connectivity index (χ4v) is 3.43. The van der Waals surface area contributed by atoms with E-state index in [1.807, 2.05) is 18.2 Å². The van der Waals surface area contributed by atoms with Crippen LogP contribution in [0.3, 0.4) is 0 Å². The van der Waals surface area contributed by atoms with Gasteiger partial charge in [0.25, 0.3) is 0 Å². The third-order valence-corrected chi connectivity index (χ3v) is 4.86. The molecule has 1 aliphatic rings. The summed E-state index contributed by atoms with van der Waals surface area (Å²) in [6, 6.07) is 9.08. The Labute approximate surface area is 200 Å². The van der Waals surface area contributed by atoms with Crippen LogP contribution in [0, 0.1) is 0 Å². The predicted molar refractivity (Wildman–Crippen MR) is 119 cm³/mol. The molecule has 1 fully saturated rings. The van der Waals surface area contributed by atoms with Gasteiger partial charge in [-0.1, -0.05) is 30.3 Å². The van der Waals surface area contributed by atoms with Crippen molar-refractivity contribution in [2.45, 2.75) is 51.9 Å². The van der Waals surface area contributed by atoms with Gasteiger partial charge in [-0.25, -0.2) is 9.48 Å². The molecule has 1 amide bonds. The first-order valence-corrected chi connectivity index (χ1v) is 10.6. The van der Waals surface area contributed by atoms with Gasteiger partial charge < -0.3 is 29.4 Å². The first-order chi connectivity index (χ1) is 16.7. The quantitative estimate of drug-likeness (QED) is 0.406. The number of hydrogen-bond acceptors (Lipinski definition) is 11. The minimum absolute atomic E-state index is 0.0430. The van der Waals surface area contributed by atoms with Crippen molar-refractivity contribution < 1.29 is 42.9 Å². The van der Waals surface area contributed by atoms with Gasteiger partial charge in [0.2, 0.25) is 0 Å². The maximum atomic E-state index is 12.2. The van der Waals surface area contributed by atoms with E-state index in [0.29, 0.717) is 0 Å². The fraction of sp³-hybridized carbons (Fsp3) is 0.409. The molecule has 13 heteroatoms. The molecule has 1 saturated heterocycles. The first kappa shape index (κ1) is 25.5. The highest BCUT2D eigenvalue weighted by Crippen LogP contribution is 2.36. The average molecular weight is 490 g/mol. The van der Waals surface area contributed by atoms with Gasteiger partial charge in [0.15, 0.2) is 18.4 Å². The molecule has 3 N–H and O–H groups in total. The molecule has 3 rings (SSSR count). The van der Waals surface area contributed by atoms with Crippen molar-refractivity contribution in [1.29, 1.82) is 0 Å². The molecule has 13 nitrogen and oxygen atoms in total. The van der Waals surface area contributed by atoms with E-state index in [4.69, 9.17) is 29.4 Å². The topological polar surface area (TPSA) is 170 Å². The summed E-state index contributed by atoms with van der Waals surface area (Å²) >= 11 is 0. The summed E-state index contributed by atoms with van der Waals surface area (Å²) in [7, 11) is 0. The van der Waals surface area contributed by atoms with E-state index in [1.165, 1.54) is 27.0 Å². The third kappa shape index (κ3) is 6.69. The molecule has 0 saturated carbocycles. The van der Waals surface area contributed by atoms with E-state index in [1.54, 1.807) is 12.1 Å². The lowest BCUT2D eigenvalue weighted by atomic mass is 10.1. The Morgan fingerprint density at radius 3 is 2.29 bits per heavy atom. The Bertz CT molecular complexity index is 1070. The van der Waals surface area contributed by atoms with Crippen LogP contribution in [0.1, 0.15) is 32.6 Å². The van der Waals surface area contributed by atoms with Crippen LogP contribution in [0.25, 0.3) is 0 Å². The van der Waals surface area contributed by atoms with Crippen molar-refractivity contribution in [3.63, 3.8) is 0 Å². The monoisotopic (exact) mass is 490 g/mol. The Hall–Kier alpha value is -4.13. The summed E-state index contributed by atoms with van der Waals surface area (Å²) in [5, 5.41) is 6.61. The Morgan fingerprint density at radius 2 is 1.66 bits per heavy atom.